The first-order valence-corrected chi connectivity index (χ1v) is 10.1. The second kappa shape index (κ2) is 10.2. The average molecular weight is 394 g/mol. The Hall–Kier alpha value is -2.70. The van der Waals surface area contributed by atoms with Crippen LogP contribution in [0.1, 0.15) is 24.5 Å². The predicted octanol–water partition coefficient (Wildman–Crippen LogP) is 2.86. The van der Waals surface area contributed by atoms with Crippen molar-refractivity contribution in [3.63, 3.8) is 0 Å². The number of rotatable bonds is 7. The molecule has 154 valence electrons. The lowest BCUT2D eigenvalue weighted by molar-refractivity contribution is 0.113. The van der Waals surface area contributed by atoms with Crippen molar-refractivity contribution in [1.82, 2.24) is 14.8 Å². The van der Waals surface area contributed by atoms with Crippen LogP contribution in [0.15, 0.2) is 59.9 Å². The molecule has 1 aliphatic heterocycles. The number of allylic oxidation sites excluding steroid dienone is 1. The Morgan fingerprint density at radius 3 is 2.34 bits per heavy atom. The molecule has 1 atom stereocenters. The number of ether oxygens (including phenoxy) is 1. The van der Waals surface area contributed by atoms with E-state index < -0.39 is 0 Å². The smallest absolute Gasteiger partial charge is 0.118 e. The highest BCUT2D eigenvalue weighted by atomic mass is 16.5. The van der Waals surface area contributed by atoms with Crippen LogP contribution < -0.4 is 10.5 Å². The molecule has 2 aromatic rings. The van der Waals surface area contributed by atoms with E-state index in [9.17, 15) is 0 Å². The van der Waals surface area contributed by atoms with Crippen LogP contribution in [-0.4, -0.2) is 67.0 Å². The van der Waals surface area contributed by atoms with E-state index in [0.29, 0.717) is 5.70 Å². The summed E-state index contributed by atoms with van der Waals surface area (Å²) in [4.78, 5) is 14.1. The number of aromatic nitrogens is 1. The third kappa shape index (κ3) is 5.65. The van der Waals surface area contributed by atoms with E-state index in [1.54, 1.807) is 19.5 Å². The number of hydrogen-bond donors (Lipinski definition) is 1. The number of hydrogen-bond acceptors (Lipinski definition) is 6. The molecular weight excluding hydrogens is 362 g/mol. The third-order valence-electron chi connectivity index (χ3n) is 5.30. The van der Waals surface area contributed by atoms with Gasteiger partial charge in [0.25, 0.3) is 0 Å². The van der Waals surface area contributed by atoms with Gasteiger partial charge in [0.1, 0.15) is 11.9 Å². The summed E-state index contributed by atoms with van der Waals surface area (Å²) in [5.41, 5.74) is 9.96. The van der Waals surface area contributed by atoms with Crippen molar-refractivity contribution in [3.05, 3.63) is 66.0 Å². The van der Waals surface area contributed by atoms with Gasteiger partial charge in [-0.05, 0) is 61.5 Å². The van der Waals surface area contributed by atoms with Crippen LogP contribution in [0, 0.1) is 0 Å². The maximum atomic E-state index is 6.44. The molecule has 1 saturated heterocycles. The molecule has 0 radical (unpaired) electrons. The van der Waals surface area contributed by atoms with Gasteiger partial charge in [-0.3, -0.25) is 14.9 Å². The summed E-state index contributed by atoms with van der Waals surface area (Å²) in [6.45, 7) is 6.38. The number of benzene rings is 1. The molecule has 0 amide bonds. The molecule has 0 aliphatic carbocycles. The number of pyridine rings is 1. The van der Waals surface area contributed by atoms with Crippen LogP contribution in [0.3, 0.4) is 0 Å². The van der Waals surface area contributed by atoms with Crippen LogP contribution >= 0.6 is 0 Å². The number of nitrogens with zero attached hydrogens (tertiary/aromatic N) is 4. The van der Waals surface area contributed by atoms with Crippen molar-refractivity contribution in [3.8, 4) is 5.75 Å². The summed E-state index contributed by atoms with van der Waals surface area (Å²) < 4.78 is 5.24. The fourth-order valence-corrected chi connectivity index (χ4v) is 3.44. The van der Waals surface area contributed by atoms with Crippen molar-refractivity contribution < 1.29 is 4.74 Å². The Kier molecular flexibility index (Phi) is 7.38. The van der Waals surface area contributed by atoms with E-state index in [-0.39, 0.29) is 6.17 Å². The topological polar surface area (TPSA) is 67.0 Å². The standard InChI is InChI=1S/C23H31N5O/c1-4-23(28-15-13-27(2)14-16-28)26-22(19-9-11-25-12-10-19)17-21(24)18-5-7-20(29-3)8-6-18/h5-12,17,23H,4,13-16,24H2,1-3H3/b21-17-,26-22+/t23-/m0/s1. The van der Waals surface area contributed by atoms with Gasteiger partial charge in [0, 0.05) is 49.8 Å². The van der Waals surface area contributed by atoms with Crippen molar-refractivity contribution in [2.45, 2.75) is 19.5 Å². The minimum absolute atomic E-state index is 0.131. The molecule has 0 unspecified atom stereocenters. The zero-order valence-electron chi connectivity index (χ0n) is 17.6. The monoisotopic (exact) mass is 393 g/mol. The van der Waals surface area contributed by atoms with Crippen molar-refractivity contribution >= 4 is 11.4 Å². The normalized spacial score (nSPS) is 17.9. The van der Waals surface area contributed by atoms with E-state index in [0.717, 1.165) is 55.2 Å². The first-order chi connectivity index (χ1) is 14.1. The number of nitrogens with two attached hydrogens (primary N) is 1. The lowest BCUT2D eigenvalue weighted by Crippen LogP contribution is -2.48. The lowest BCUT2D eigenvalue weighted by Gasteiger charge is -2.36. The van der Waals surface area contributed by atoms with Crippen LogP contribution in [0.25, 0.3) is 5.70 Å². The van der Waals surface area contributed by atoms with Crippen molar-refractivity contribution in [2.75, 3.05) is 40.3 Å². The Morgan fingerprint density at radius 2 is 1.76 bits per heavy atom. The Labute approximate surface area is 173 Å². The van der Waals surface area contributed by atoms with Gasteiger partial charge >= 0.3 is 0 Å². The summed E-state index contributed by atoms with van der Waals surface area (Å²) in [7, 11) is 3.83. The van der Waals surface area contributed by atoms with Crippen molar-refractivity contribution in [2.24, 2.45) is 10.7 Å². The molecule has 1 aromatic carbocycles. The first kappa shape index (κ1) is 21.0. The molecule has 6 nitrogen and oxygen atoms in total. The highest BCUT2D eigenvalue weighted by Crippen LogP contribution is 2.18. The van der Waals surface area contributed by atoms with E-state index in [2.05, 4.69) is 28.8 Å². The fraction of sp³-hybridized carbons (Fsp3) is 0.391. The molecule has 0 bridgehead atoms. The summed E-state index contributed by atoms with van der Waals surface area (Å²) in [5.74, 6) is 0.811. The van der Waals surface area contributed by atoms with E-state index in [1.807, 2.05) is 42.5 Å². The minimum Gasteiger partial charge on any atom is -0.497 e. The summed E-state index contributed by atoms with van der Waals surface area (Å²) in [5, 5.41) is 0. The minimum atomic E-state index is 0.131. The van der Waals surface area contributed by atoms with Gasteiger partial charge in [-0.1, -0.05) is 6.92 Å². The number of piperazine rings is 1. The molecule has 6 heteroatoms. The Bertz CT molecular complexity index is 824. The van der Waals surface area contributed by atoms with E-state index in [4.69, 9.17) is 15.5 Å². The number of aliphatic imine (C=N–C) groups is 1. The highest BCUT2D eigenvalue weighted by molar-refractivity contribution is 6.12. The largest absolute Gasteiger partial charge is 0.497 e. The Morgan fingerprint density at radius 1 is 1.10 bits per heavy atom. The predicted molar refractivity (Wildman–Crippen MR) is 119 cm³/mol. The zero-order valence-corrected chi connectivity index (χ0v) is 17.6. The molecule has 0 saturated carbocycles. The van der Waals surface area contributed by atoms with Gasteiger partial charge < -0.3 is 15.4 Å². The van der Waals surface area contributed by atoms with Gasteiger partial charge in [-0.2, -0.15) is 0 Å². The Balaban J connectivity index is 1.92. The average Bonchev–Trinajstić information content (AvgIpc) is 2.78. The molecule has 3 rings (SSSR count). The first-order valence-electron chi connectivity index (χ1n) is 10.1. The van der Waals surface area contributed by atoms with E-state index >= 15 is 0 Å². The van der Waals surface area contributed by atoms with Gasteiger partial charge in [0.05, 0.1) is 12.8 Å². The summed E-state index contributed by atoms with van der Waals surface area (Å²) >= 11 is 0. The quantitative estimate of drug-likeness (QED) is 0.733. The van der Waals surface area contributed by atoms with Gasteiger partial charge in [0.15, 0.2) is 0 Å². The van der Waals surface area contributed by atoms with E-state index in [1.165, 1.54) is 0 Å². The number of methoxy groups -OCH3 is 1. The molecule has 29 heavy (non-hydrogen) atoms. The molecule has 2 N–H and O–H groups in total. The van der Waals surface area contributed by atoms with Crippen molar-refractivity contribution in [1.29, 1.82) is 0 Å². The maximum Gasteiger partial charge on any atom is 0.118 e. The van der Waals surface area contributed by atoms with Crippen LogP contribution in [0.4, 0.5) is 0 Å². The molecule has 2 heterocycles. The molecule has 1 aliphatic rings. The fourth-order valence-electron chi connectivity index (χ4n) is 3.44. The summed E-state index contributed by atoms with van der Waals surface area (Å²) in [6, 6.07) is 11.7. The second-order valence-corrected chi connectivity index (χ2v) is 7.31. The van der Waals surface area contributed by atoms with Crippen LogP contribution in [-0.2, 0) is 0 Å². The molecule has 0 spiro atoms. The lowest BCUT2D eigenvalue weighted by atomic mass is 10.1. The van der Waals surface area contributed by atoms with Gasteiger partial charge in [-0.15, -0.1) is 0 Å². The molecule has 1 fully saturated rings. The number of likely N-dealkylation sites (N-methyl/N-ethyl adjacent to an activating group) is 1. The third-order valence-corrected chi connectivity index (χ3v) is 5.30. The maximum absolute atomic E-state index is 6.44. The molecule has 1 aromatic heterocycles. The van der Waals surface area contributed by atoms with Crippen LogP contribution in [0.2, 0.25) is 0 Å². The summed E-state index contributed by atoms with van der Waals surface area (Å²) in [6.07, 6.45) is 6.63. The SMILES string of the molecule is CC[C@@H](/N=C(\C=C(/N)c1ccc(OC)cc1)c1ccncc1)N1CCN(C)CC1. The van der Waals surface area contributed by atoms with Gasteiger partial charge in [-0.25, -0.2) is 0 Å². The van der Waals surface area contributed by atoms with Gasteiger partial charge in [0.2, 0.25) is 0 Å². The molecular formula is C23H31N5O. The van der Waals surface area contributed by atoms with Crippen LogP contribution in [0.5, 0.6) is 5.75 Å². The zero-order chi connectivity index (χ0) is 20.6. The second-order valence-electron chi connectivity index (χ2n) is 7.31. The highest BCUT2D eigenvalue weighted by Gasteiger charge is 2.21.